The minimum Gasteiger partial charge on any atom is -0.467 e. The van der Waals surface area contributed by atoms with Crippen LogP contribution in [0, 0.1) is 11.3 Å². The van der Waals surface area contributed by atoms with Crippen LogP contribution in [0.1, 0.15) is 23.8 Å². The highest BCUT2D eigenvalue weighted by Crippen LogP contribution is 2.22. The van der Waals surface area contributed by atoms with Crippen LogP contribution in [0.3, 0.4) is 0 Å². The van der Waals surface area contributed by atoms with Gasteiger partial charge in [0, 0.05) is 0 Å². The minimum atomic E-state index is -0.203. The summed E-state index contributed by atoms with van der Waals surface area (Å²) < 4.78 is 10.9. The normalized spacial score (nSPS) is 11.9. The molecule has 0 amide bonds. The Labute approximate surface area is 100 Å². The lowest BCUT2D eigenvalue weighted by molar-refractivity contribution is 0.0328. The molecule has 2 aromatic rings. The number of rotatable bonds is 5. The number of ether oxygens (including phenoxy) is 1. The highest BCUT2D eigenvalue weighted by molar-refractivity contribution is 5.18. The van der Waals surface area contributed by atoms with Crippen molar-refractivity contribution in [3.05, 3.63) is 60.1 Å². The number of benzene rings is 1. The first-order valence-corrected chi connectivity index (χ1v) is 5.46. The van der Waals surface area contributed by atoms with Gasteiger partial charge >= 0.3 is 0 Å². The summed E-state index contributed by atoms with van der Waals surface area (Å²) in [5, 5.41) is 8.80. The molecule has 0 saturated carbocycles. The van der Waals surface area contributed by atoms with E-state index < -0.39 is 0 Å². The van der Waals surface area contributed by atoms with Gasteiger partial charge in [0.15, 0.2) is 0 Å². The molecule has 1 unspecified atom stereocenters. The maximum absolute atomic E-state index is 8.80. The van der Waals surface area contributed by atoms with Crippen LogP contribution in [-0.2, 0) is 11.3 Å². The zero-order chi connectivity index (χ0) is 11.9. The Kier molecular flexibility index (Phi) is 3.95. The first-order chi connectivity index (χ1) is 8.40. The number of nitrogens with zero attached hydrogens (tertiary/aromatic N) is 1. The van der Waals surface area contributed by atoms with Crippen molar-refractivity contribution in [1.29, 1.82) is 5.26 Å². The molecule has 0 saturated heterocycles. The molecule has 0 aliphatic carbocycles. The summed E-state index contributed by atoms with van der Waals surface area (Å²) in [5.41, 5.74) is 1.01. The standard InChI is InChI=1S/C14H13NO2/c15-9-8-14(12-5-2-1-3-6-12)17-11-13-7-4-10-16-13/h1-7,10,14H,8,11H2. The Morgan fingerprint density at radius 2 is 2.00 bits per heavy atom. The third-order valence-electron chi connectivity index (χ3n) is 2.45. The summed E-state index contributed by atoms with van der Waals surface area (Å²) in [6, 6.07) is 15.6. The maximum Gasteiger partial charge on any atom is 0.129 e. The smallest absolute Gasteiger partial charge is 0.129 e. The van der Waals surface area contributed by atoms with Gasteiger partial charge in [-0.15, -0.1) is 0 Å². The Balaban J connectivity index is 2.01. The van der Waals surface area contributed by atoms with E-state index in [1.807, 2.05) is 42.5 Å². The van der Waals surface area contributed by atoms with Gasteiger partial charge in [0.1, 0.15) is 12.4 Å². The molecule has 1 aromatic heterocycles. The van der Waals surface area contributed by atoms with Crippen molar-refractivity contribution in [2.24, 2.45) is 0 Å². The number of furan rings is 1. The molecule has 0 aliphatic rings. The van der Waals surface area contributed by atoms with E-state index in [1.54, 1.807) is 6.26 Å². The van der Waals surface area contributed by atoms with Crippen molar-refractivity contribution >= 4 is 0 Å². The summed E-state index contributed by atoms with van der Waals surface area (Å²) in [7, 11) is 0. The lowest BCUT2D eigenvalue weighted by atomic mass is 10.1. The average Bonchev–Trinajstić information content (AvgIpc) is 2.88. The van der Waals surface area contributed by atoms with Gasteiger partial charge in [0.05, 0.1) is 24.9 Å². The van der Waals surface area contributed by atoms with Gasteiger partial charge in [-0.2, -0.15) is 5.26 Å². The van der Waals surface area contributed by atoms with Crippen molar-refractivity contribution < 1.29 is 9.15 Å². The fourth-order valence-corrected chi connectivity index (χ4v) is 1.60. The Morgan fingerprint density at radius 1 is 1.18 bits per heavy atom. The Bertz CT molecular complexity index is 471. The number of hydrogen-bond donors (Lipinski definition) is 0. The average molecular weight is 227 g/mol. The predicted molar refractivity (Wildman–Crippen MR) is 62.9 cm³/mol. The summed E-state index contributed by atoms with van der Waals surface area (Å²) in [6.45, 7) is 0.383. The second-order valence-corrected chi connectivity index (χ2v) is 3.65. The summed E-state index contributed by atoms with van der Waals surface area (Å²) >= 11 is 0. The van der Waals surface area contributed by atoms with Gasteiger partial charge in [-0.25, -0.2) is 0 Å². The molecule has 0 radical (unpaired) electrons. The number of hydrogen-bond acceptors (Lipinski definition) is 3. The van der Waals surface area contributed by atoms with Gasteiger partial charge in [0.2, 0.25) is 0 Å². The fraction of sp³-hybridized carbons (Fsp3) is 0.214. The van der Waals surface area contributed by atoms with Crippen LogP contribution in [0.4, 0.5) is 0 Å². The molecule has 1 heterocycles. The Hall–Kier alpha value is -2.05. The third kappa shape index (κ3) is 3.20. The van der Waals surface area contributed by atoms with Gasteiger partial charge in [-0.3, -0.25) is 0 Å². The monoisotopic (exact) mass is 227 g/mol. The lowest BCUT2D eigenvalue weighted by Crippen LogP contribution is -2.03. The SMILES string of the molecule is N#CCC(OCc1ccco1)c1ccccc1. The van der Waals surface area contributed by atoms with Crippen molar-refractivity contribution in [3.63, 3.8) is 0 Å². The molecule has 0 spiro atoms. The minimum absolute atomic E-state index is 0.203. The second kappa shape index (κ2) is 5.88. The first kappa shape index (κ1) is 11.4. The third-order valence-corrected chi connectivity index (χ3v) is 2.45. The van der Waals surface area contributed by atoms with Crippen molar-refractivity contribution in [1.82, 2.24) is 0 Å². The van der Waals surface area contributed by atoms with Crippen LogP contribution in [0.5, 0.6) is 0 Å². The molecule has 3 heteroatoms. The van der Waals surface area contributed by atoms with Crippen molar-refractivity contribution in [2.75, 3.05) is 0 Å². The quantitative estimate of drug-likeness (QED) is 0.785. The van der Waals surface area contributed by atoms with Crippen molar-refractivity contribution in [2.45, 2.75) is 19.1 Å². The molecule has 3 nitrogen and oxygen atoms in total. The zero-order valence-corrected chi connectivity index (χ0v) is 9.37. The second-order valence-electron chi connectivity index (χ2n) is 3.65. The largest absolute Gasteiger partial charge is 0.467 e. The van der Waals surface area contributed by atoms with E-state index in [2.05, 4.69) is 6.07 Å². The van der Waals surface area contributed by atoms with Crippen molar-refractivity contribution in [3.8, 4) is 6.07 Å². The zero-order valence-electron chi connectivity index (χ0n) is 9.37. The molecule has 0 fully saturated rings. The van der Waals surface area contributed by atoms with E-state index in [-0.39, 0.29) is 6.10 Å². The molecule has 0 N–H and O–H groups in total. The van der Waals surface area contributed by atoms with E-state index in [4.69, 9.17) is 14.4 Å². The topological polar surface area (TPSA) is 46.2 Å². The van der Waals surface area contributed by atoms with Gasteiger partial charge in [-0.1, -0.05) is 30.3 Å². The van der Waals surface area contributed by atoms with Crippen LogP contribution in [0.25, 0.3) is 0 Å². The molecule has 86 valence electrons. The van der Waals surface area contributed by atoms with Crippen LogP contribution in [0.15, 0.2) is 53.1 Å². The highest BCUT2D eigenvalue weighted by atomic mass is 16.5. The first-order valence-electron chi connectivity index (χ1n) is 5.46. The Morgan fingerprint density at radius 3 is 2.65 bits per heavy atom. The van der Waals surface area contributed by atoms with Crippen LogP contribution in [0.2, 0.25) is 0 Å². The number of nitriles is 1. The summed E-state index contributed by atoms with van der Waals surface area (Å²) in [4.78, 5) is 0. The molecule has 1 atom stereocenters. The lowest BCUT2D eigenvalue weighted by Gasteiger charge is -2.14. The van der Waals surface area contributed by atoms with Gasteiger partial charge < -0.3 is 9.15 Å². The summed E-state index contributed by atoms with van der Waals surface area (Å²) in [5.74, 6) is 0.767. The van der Waals surface area contributed by atoms with Crippen LogP contribution >= 0.6 is 0 Å². The molecule has 17 heavy (non-hydrogen) atoms. The molecule has 2 rings (SSSR count). The molecular weight excluding hydrogens is 214 g/mol. The maximum atomic E-state index is 8.80. The molecule has 1 aromatic carbocycles. The van der Waals surface area contributed by atoms with E-state index >= 15 is 0 Å². The molecule has 0 bridgehead atoms. The molecule has 0 aliphatic heterocycles. The highest BCUT2D eigenvalue weighted by Gasteiger charge is 2.12. The fourth-order valence-electron chi connectivity index (χ4n) is 1.60. The van der Waals surface area contributed by atoms with E-state index in [0.717, 1.165) is 11.3 Å². The van der Waals surface area contributed by atoms with Gasteiger partial charge in [-0.05, 0) is 17.7 Å². The predicted octanol–water partition coefficient (Wildman–Crippen LogP) is 3.45. The van der Waals surface area contributed by atoms with E-state index in [9.17, 15) is 0 Å². The van der Waals surface area contributed by atoms with E-state index in [1.165, 1.54) is 0 Å². The van der Waals surface area contributed by atoms with E-state index in [0.29, 0.717) is 13.0 Å². The summed E-state index contributed by atoms with van der Waals surface area (Å²) in [6.07, 6.45) is 1.75. The van der Waals surface area contributed by atoms with Crippen LogP contribution < -0.4 is 0 Å². The molecular formula is C14H13NO2. The van der Waals surface area contributed by atoms with Crippen LogP contribution in [-0.4, -0.2) is 0 Å². The van der Waals surface area contributed by atoms with Gasteiger partial charge in [0.25, 0.3) is 0 Å².